The van der Waals surface area contributed by atoms with Gasteiger partial charge in [0.1, 0.15) is 17.2 Å². The maximum absolute atomic E-state index is 10.0. The van der Waals surface area contributed by atoms with Crippen molar-refractivity contribution in [3.8, 4) is 28.4 Å². The molecular weight excluding hydrogens is 228 g/mol. The van der Waals surface area contributed by atoms with Gasteiger partial charge >= 0.3 is 0 Å². The molecule has 0 aromatic heterocycles. The fourth-order valence-electron chi connectivity index (χ4n) is 1.89. The monoisotopic (exact) mass is 244 g/mol. The molecule has 0 spiro atoms. The number of benzene rings is 2. The molecule has 3 heteroatoms. The Hall–Kier alpha value is -2.16. The summed E-state index contributed by atoms with van der Waals surface area (Å²) in [5.41, 5.74) is 2.56. The predicted molar refractivity (Wildman–Crippen MR) is 71.4 cm³/mol. The lowest BCUT2D eigenvalue weighted by molar-refractivity contribution is 0.404. The minimum atomic E-state index is 0.238. The molecule has 2 aromatic rings. The summed E-state index contributed by atoms with van der Waals surface area (Å²) in [5.74, 6) is 1.67. The molecule has 0 aliphatic carbocycles. The van der Waals surface area contributed by atoms with Crippen LogP contribution in [-0.2, 0) is 0 Å². The zero-order valence-electron chi connectivity index (χ0n) is 10.7. The van der Waals surface area contributed by atoms with Gasteiger partial charge in [0.25, 0.3) is 0 Å². The van der Waals surface area contributed by atoms with E-state index in [1.807, 2.05) is 37.3 Å². The Balaban J connectivity index is 2.60. The Morgan fingerprint density at radius 2 is 1.67 bits per heavy atom. The number of hydrogen-bond donors (Lipinski definition) is 1. The summed E-state index contributed by atoms with van der Waals surface area (Å²) in [6.07, 6.45) is 0. The van der Waals surface area contributed by atoms with Gasteiger partial charge in [0, 0.05) is 11.1 Å². The molecule has 2 rings (SSSR count). The second-order valence-corrected chi connectivity index (χ2v) is 4.09. The van der Waals surface area contributed by atoms with Gasteiger partial charge in [-0.3, -0.25) is 0 Å². The first kappa shape index (κ1) is 12.3. The van der Waals surface area contributed by atoms with Crippen LogP contribution in [0.15, 0.2) is 36.4 Å². The lowest BCUT2D eigenvalue weighted by Crippen LogP contribution is -1.91. The van der Waals surface area contributed by atoms with Crippen molar-refractivity contribution in [3.05, 3.63) is 42.0 Å². The largest absolute Gasteiger partial charge is 0.507 e. The summed E-state index contributed by atoms with van der Waals surface area (Å²) < 4.78 is 10.5. The summed E-state index contributed by atoms with van der Waals surface area (Å²) in [5, 5.41) is 10.0. The van der Waals surface area contributed by atoms with E-state index in [9.17, 15) is 5.11 Å². The van der Waals surface area contributed by atoms with Crippen LogP contribution in [0.3, 0.4) is 0 Å². The number of hydrogen-bond acceptors (Lipinski definition) is 3. The molecule has 18 heavy (non-hydrogen) atoms. The molecule has 0 amide bonds. The van der Waals surface area contributed by atoms with E-state index in [1.165, 1.54) is 0 Å². The molecule has 1 N–H and O–H groups in total. The summed E-state index contributed by atoms with van der Waals surface area (Å²) in [7, 11) is 3.22. The zero-order valence-corrected chi connectivity index (χ0v) is 10.7. The van der Waals surface area contributed by atoms with E-state index in [-0.39, 0.29) is 5.75 Å². The molecule has 0 aliphatic rings. The third kappa shape index (κ3) is 2.25. The molecule has 0 fully saturated rings. The van der Waals surface area contributed by atoms with Gasteiger partial charge in [-0.15, -0.1) is 0 Å². The van der Waals surface area contributed by atoms with Crippen LogP contribution >= 0.6 is 0 Å². The normalized spacial score (nSPS) is 10.2. The number of aryl methyl sites for hydroxylation is 1. The van der Waals surface area contributed by atoms with Crippen molar-refractivity contribution in [2.45, 2.75) is 6.92 Å². The van der Waals surface area contributed by atoms with Gasteiger partial charge in [-0.2, -0.15) is 0 Å². The minimum absolute atomic E-state index is 0.238. The lowest BCUT2D eigenvalue weighted by atomic mass is 10.0. The standard InChI is InChI=1S/C15H16O3/c1-10-4-6-12(14(16)8-10)13-9-11(17-2)5-7-15(13)18-3/h4-9,16H,1-3H3. The number of aromatic hydroxyl groups is 1. The molecule has 0 bridgehead atoms. The third-order valence-corrected chi connectivity index (χ3v) is 2.85. The van der Waals surface area contributed by atoms with Crippen molar-refractivity contribution in [2.24, 2.45) is 0 Å². The van der Waals surface area contributed by atoms with Crippen LogP contribution in [0.4, 0.5) is 0 Å². The van der Waals surface area contributed by atoms with Gasteiger partial charge in [0.05, 0.1) is 14.2 Å². The molecule has 0 unspecified atom stereocenters. The van der Waals surface area contributed by atoms with E-state index in [0.29, 0.717) is 5.75 Å². The maximum Gasteiger partial charge on any atom is 0.127 e. The van der Waals surface area contributed by atoms with Crippen LogP contribution in [0, 0.1) is 6.92 Å². The Bertz CT molecular complexity index is 562. The van der Waals surface area contributed by atoms with E-state index in [1.54, 1.807) is 20.3 Å². The van der Waals surface area contributed by atoms with Crippen molar-refractivity contribution in [3.63, 3.8) is 0 Å². The van der Waals surface area contributed by atoms with E-state index in [0.717, 1.165) is 22.4 Å². The van der Waals surface area contributed by atoms with Gasteiger partial charge in [0.2, 0.25) is 0 Å². The van der Waals surface area contributed by atoms with Crippen molar-refractivity contribution >= 4 is 0 Å². The lowest BCUT2D eigenvalue weighted by Gasteiger charge is -2.12. The van der Waals surface area contributed by atoms with E-state index in [4.69, 9.17) is 9.47 Å². The number of methoxy groups -OCH3 is 2. The number of rotatable bonds is 3. The third-order valence-electron chi connectivity index (χ3n) is 2.85. The predicted octanol–water partition coefficient (Wildman–Crippen LogP) is 3.38. The maximum atomic E-state index is 10.0. The molecule has 0 atom stereocenters. The van der Waals surface area contributed by atoms with Crippen molar-refractivity contribution in [1.82, 2.24) is 0 Å². The average Bonchev–Trinajstić information content (AvgIpc) is 2.38. The van der Waals surface area contributed by atoms with Crippen molar-refractivity contribution in [2.75, 3.05) is 14.2 Å². The van der Waals surface area contributed by atoms with E-state index in [2.05, 4.69) is 0 Å². The first-order valence-corrected chi connectivity index (χ1v) is 5.67. The van der Waals surface area contributed by atoms with E-state index >= 15 is 0 Å². The molecule has 0 radical (unpaired) electrons. The number of ether oxygens (including phenoxy) is 2. The Labute approximate surface area is 107 Å². The smallest absolute Gasteiger partial charge is 0.127 e. The van der Waals surface area contributed by atoms with Crippen LogP contribution in [0.5, 0.6) is 17.2 Å². The second-order valence-electron chi connectivity index (χ2n) is 4.09. The first-order chi connectivity index (χ1) is 8.65. The van der Waals surface area contributed by atoms with Crippen LogP contribution in [-0.4, -0.2) is 19.3 Å². The summed E-state index contributed by atoms with van der Waals surface area (Å²) in [6, 6.07) is 11.1. The van der Waals surface area contributed by atoms with Crippen molar-refractivity contribution in [1.29, 1.82) is 0 Å². The SMILES string of the molecule is COc1ccc(OC)c(-c2ccc(C)cc2O)c1. The highest BCUT2D eigenvalue weighted by Gasteiger charge is 2.11. The molecule has 0 saturated carbocycles. The molecule has 0 aliphatic heterocycles. The van der Waals surface area contributed by atoms with Gasteiger partial charge < -0.3 is 14.6 Å². The zero-order chi connectivity index (χ0) is 13.1. The molecule has 0 heterocycles. The van der Waals surface area contributed by atoms with Crippen LogP contribution in [0.1, 0.15) is 5.56 Å². The van der Waals surface area contributed by atoms with E-state index < -0.39 is 0 Å². The fourth-order valence-corrected chi connectivity index (χ4v) is 1.89. The Kier molecular flexibility index (Phi) is 3.42. The Morgan fingerprint density at radius 3 is 2.28 bits per heavy atom. The average molecular weight is 244 g/mol. The van der Waals surface area contributed by atoms with Crippen molar-refractivity contribution < 1.29 is 14.6 Å². The number of phenols is 1. The van der Waals surface area contributed by atoms with Crippen LogP contribution in [0.2, 0.25) is 0 Å². The van der Waals surface area contributed by atoms with Gasteiger partial charge in [0.15, 0.2) is 0 Å². The first-order valence-electron chi connectivity index (χ1n) is 5.67. The highest BCUT2D eigenvalue weighted by atomic mass is 16.5. The minimum Gasteiger partial charge on any atom is -0.507 e. The Morgan fingerprint density at radius 1 is 0.889 bits per heavy atom. The van der Waals surface area contributed by atoms with Crippen LogP contribution in [0.25, 0.3) is 11.1 Å². The van der Waals surface area contributed by atoms with Crippen LogP contribution < -0.4 is 9.47 Å². The number of phenolic OH excluding ortho intramolecular Hbond substituents is 1. The molecule has 3 nitrogen and oxygen atoms in total. The summed E-state index contributed by atoms with van der Waals surface area (Å²) >= 11 is 0. The highest BCUT2D eigenvalue weighted by molar-refractivity contribution is 5.77. The fraction of sp³-hybridized carbons (Fsp3) is 0.200. The topological polar surface area (TPSA) is 38.7 Å². The van der Waals surface area contributed by atoms with Gasteiger partial charge in [-0.05, 0) is 36.8 Å². The van der Waals surface area contributed by atoms with Gasteiger partial charge in [-0.1, -0.05) is 12.1 Å². The summed E-state index contributed by atoms with van der Waals surface area (Å²) in [6.45, 7) is 1.94. The molecule has 0 saturated heterocycles. The van der Waals surface area contributed by atoms with Gasteiger partial charge in [-0.25, -0.2) is 0 Å². The molecule has 94 valence electrons. The summed E-state index contributed by atoms with van der Waals surface area (Å²) in [4.78, 5) is 0. The highest BCUT2D eigenvalue weighted by Crippen LogP contribution is 2.38. The second kappa shape index (κ2) is 5.00. The quantitative estimate of drug-likeness (QED) is 0.899. The molecular formula is C15H16O3. The molecule has 2 aromatic carbocycles.